The molecule has 1 aliphatic rings. The van der Waals surface area contributed by atoms with Gasteiger partial charge in [-0.1, -0.05) is 48.0 Å². The molecule has 1 aliphatic heterocycles. The summed E-state index contributed by atoms with van der Waals surface area (Å²) in [5.74, 6) is 0. The highest BCUT2D eigenvalue weighted by atomic mass is 35.5. The monoisotopic (exact) mass is 365 g/mol. The first-order valence-electron chi connectivity index (χ1n) is 7.97. The number of pyridine rings is 1. The summed E-state index contributed by atoms with van der Waals surface area (Å²) >= 11 is 7.59. The first-order chi connectivity index (χ1) is 12.2. The zero-order valence-corrected chi connectivity index (χ0v) is 15.3. The van der Waals surface area contributed by atoms with Gasteiger partial charge < -0.3 is 4.90 Å². The molecule has 0 atom stereocenters. The molecular formula is C20H16ClN3S. The van der Waals surface area contributed by atoms with Crippen molar-refractivity contribution in [1.82, 2.24) is 4.98 Å². The number of rotatable bonds is 2. The molecule has 1 aromatic heterocycles. The highest BCUT2D eigenvalue weighted by Crippen LogP contribution is 2.32. The van der Waals surface area contributed by atoms with Crippen molar-refractivity contribution >= 4 is 34.2 Å². The molecule has 4 rings (SSSR count). The lowest BCUT2D eigenvalue weighted by molar-refractivity contribution is 0.954. The molecule has 0 fully saturated rings. The van der Waals surface area contributed by atoms with Gasteiger partial charge in [0.15, 0.2) is 5.17 Å². The van der Waals surface area contributed by atoms with E-state index in [1.54, 1.807) is 11.8 Å². The van der Waals surface area contributed by atoms with Crippen LogP contribution in [0.5, 0.6) is 0 Å². The van der Waals surface area contributed by atoms with Crippen molar-refractivity contribution in [3.8, 4) is 11.3 Å². The summed E-state index contributed by atoms with van der Waals surface area (Å²) in [6.07, 6.45) is 0. The van der Waals surface area contributed by atoms with E-state index in [1.807, 2.05) is 49.5 Å². The lowest BCUT2D eigenvalue weighted by Crippen LogP contribution is -2.25. The Bertz CT molecular complexity index is 923. The lowest BCUT2D eigenvalue weighted by atomic mass is 10.1. The van der Waals surface area contributed by atoms with Crippen LogP contribution in [0.3, 0.4) is 0 Å². The number of fused-ring (bicyclic) bond motifs is 1. The molecule has 0 spiro atoms. The van der Waals surface area contributed by atoms with Crippen molar-refractivity contribution in [3.05, 3.63) is 77.3 Å². The van der Waals surface area contributed by atoms with E-state index in [0.29, 0.717) is 6.54 Å². The van der Waals surface area contributed by atoms with Gasteiger partial charge >= 0.3 is 0 Å². The third kappa shape index (κ3) is 3.41. The minimum atomic E-state index is 0.650. The zero-order valence-electron chi connectivity index (χ0n) is 13.7. The van der Waals surface area contributed by atoms with Crippen LogP contribution in [0.15, 0.2) is 76.7 Å². The highest BCUT2D eigenvalue weighted by Gasteiger charge is 2.19. The third-order valence-corrected chi connectivity index (χ3v) is 5.47. The van der Waals surface area contributed by atoms with E-state index in [2.05, 4.69) is 29.2 Å². The predicted molar refractivity (Wildman–Crippen MR) is 107 cm³/mol. The summed E-state index contributed by atoms with van der Waals surface area (Å²) in [6.45, 7) is 0.650. The van der Waals surface area contributed by atoms with Gasteiger partial charge in [0.25, 0.3) is 0 Å². The summed E-state index contributed by atoms with van der Waals surface area (Å²) in [4.78, 5) is 11.6. The lowest BCUT2D eigenvalue weighted by Gasteiger charge is -2.24. The van der Waals surface area contributed by atoms with Crippen molar-refractivity contribution in [2.45, 2.75) is 11.6 Å². The van der Waals surface area contributed by atoms with Gasteiger partial charge in [-0.25, -0.2) is 4.98 Å². The van der Waals surface area contributed by atoms with Crippen molar-refractivity contribution in [2.75, 3.05) is 11.9 Å². The quantitative estimate of drug-likeness (QED) is 0.600. The molecule has 3 nitrogen and oxygen atoms in total. The maximum Gasteiger partial charge on any atom is 0.170 e. The maximum absolute atomic E-state index is 5.98. The van der Waals surface area contributed by atoms with Crippen molar-refractivity contribution < 1.29 is 0 Å². The zero-order chi connectivity index (χ0) is 17.2. The van der Waals surface area contributed by atoms with Crippen LogP contribution >= 0.6 is 23.4 Å². The Morgan fingerprint density at radius 3 is 2.48 bits per heavy atom. The van der Waals surface area contributed by atoms with Crippen molar-refractivity contribution in [2.24, 2.45) is 4.99 Å². The minimum Gasteiger partial charge on any atom is -0.324 e. The fourth-order valence-corrected chi connectivity index (χ4v) is 3.75. The van der Waals surface area contributed by atoms with Crippen molar-refractivity contribution in [3.63, 3.8) is 0 Å². The molecule has 0 amide bonds. The summed E-state index contributed by atoms with van der Waals surface area (Å²) in [5.41, 5.74) is 4.33. The van der Waals surface area contributed by atoms with Gasteiger partial charge in [0.05, 0.1) is 12.2 Å². The summed E-state index contributed by atoms with van der Waals surface area (Å²) in [7, 11) is 2.01. The number of nitrogens with zero attached hydrogens (tertiary/aromatic N) is 3. The topological polar surface area (TPSA) is 28.5 Å². The fraction of sp³-hybridized carbons (Fsp3) is 0.100. The van der Waals surface area contributed by atoms with E-state index in [-0.39, 0.29) is 0 Å². The second-order valence-electron chi connectivity index (χ2n) is 5.76. The molecule has 0 saturated heterocycles. The van der Waals surface area contributed by atoms with E-state index in [9.17, 15) is 0 Å². The molecule has 2 aromatic carbocycles. The number of anilines is 1. The normalized spacial score (nSPS) is 13.1. The molecule has 2 heterocycles. The number of halogens is 1. The molecule has 0 N–H and O–H groups in total. The van der Waals surface area contributed by atoms with Gasteiger partial charge in [0, 0.05) is 28.9 Å². The highest BCUT2D eigenvalue weighted by molar-refractivity contribution is 8.14. The Morgan fingerprint density at radius 1 is 0.960 bits per heavy atom. The van der Waals surface area contributed by atoms with Gasteiger partial charge in [-0.15, -0.1) is 0 Å². The third-order valence-electron chi connectivity index (χ3n) is 4.08. The Kier molecular flexibility index (Phi) is 4.47. The van der Waals surface area contributed by atoms with Gasteiger partial charge in [-0.2, -0.15) is 0 Å². The second kappa shape index (κ2) is 6.90. The average Bonchev–Trinajstić information content (AvgIpc) is 2.68. The molecule has 0 unspecified atom stereocenters. The van der Waals surface area contributed by atoms with E-state index < -0.39 is 0 Å². The van der Waals surface area contributed by atoms with Gasteiger partial charge in [-0.3, -0.25) is 4.99 Å². The molecule has 5 heteroatoms. The maximum atomic E-state index is 5.98. The van der Waals surface area contributed by atoms with Crippen molar-refractivity contribution in [1.29, 1.82) is 0 Å². The van der Waals surface area contributed by atoms with E-state index >= 15 is 0 Å². The Morgan fingerprint density at radius 2 is 1.72 bits per heavy atom. The summed E-state index contributed by atoms with van der Waals surface area (Å²) in [6, 6.07) is 22.2. The van der Waals surface area contributed by atoms with E-state index in [4.69, 9.17) is 21.6 Å². The van der Waals surface area contributed by atoms with Crippen LogP contribution in [0, 0.1) is 0 Å². The van der Waals surface area contributed by atoms with Crippen LogP contribution < -0.4 is 4.90 Å². The largest absolute Gasteiger partial charge is 0.324 e. The molecule has 3 aromatic rings. The van der Waals surface area contributed by atoms with Gasteiger partial charge in [0.1, 0.15) is 5.03 Å². The van der Waals surface area contributed by atoms with Crippen LogP contribution in [-0.4, -0.2) is 17.2 Å². The number of aromatic nitrogens is 1. The molecule has 0 bridgehead atoms. The Hall–Kier alpha value is -2.30. The van der Waals surface area contributed by atoms with Crippen LogP contribution in [0.25, 0.3) is 11.3 Å². The Labute approximate surface area is 156 Å². The van der Waals surface area contributed by atoms with Gasteiger partial charge in [-0.05, 0) is 42.1 Å². The van der Waals surface area contributed by atoms with Gasteiger partial charge in [0.2, 0.25) is 0 Å². The number of amidine groups is 1. The summed E-state index contributed by atoms with van der Waals surface area (Å²) in [5, 5.41) is 2.69. The molecule has 25 heavy (non-hydrogen) atoms. The molecule has 0 saturated carbocycles. The smallest absolute Gasteiger partial charge is 0.170 e. The first kappa shape index (κ1) is 16.2. The van der Waals surface area contributed by atoms with Crippen LogP contribution in [0.4, 0.5) is 5.69 Å². The number of hydrogen-bond donors (Lipinski definition) is 0. The SMILES string of the molecule is CN(C1=NCc2ccc(-c3ccccc3)nc2S1)c1ccc(Cl)cc1. The fourth-order valence-electron chi connectivity index (χ4n) is 2.67. The minimum absolute atomic E-state index is 0.650. The molecule has 124 valence electrons. The average molecular weight is 366 g/mol. The van der Waals surface area contributed by atoms with Crippen LogP contribution in [0.2, 0.25) is 5.02 Å². The Balaban J connectivity index is 1.61. The second-order valence-corrected chi connectivity index (χ2v) is 7.16. The van der Waals surface area contributed by atoms with Crippen LogP contribution in [-0.2, 0) is 6.54 Å². The van der Waals surface area contributed by atoms with E-state index in [1.165, 1.54) is 0 Å². The first-order valence-corrected chi connectivity index (χ1v) is 9.17. The predicted octanol–water partition coefficient (Wildman–Crippen LogP) is 5.50. The molecular weight excluding hydrogens is 350 g/mol. The van der Waals surface area contributed by atoms with Crippen LogP contribution in [0.1, 0.15) is 5.56 Å². The molecule has 0 radical (unpaired) electrons. The number of hydrogen-bond acceptors (Lipinski definition) is 4. The number of benzene rings is 2. The summed E-state index contributed by atoms with van der Waals surface area (Å²) < 4.78 is 0. The van der Waals surface area contributed by atoms with E-state index in [0.717, 1.165) is 37.7 Å². The number of thioether (sulfide) groups is 1. The standard InChI is InChI=1S/C20H16ClN3S/c1-24(17-10-8-16(21)9-11-17)20-22-13-15-7-12-18(23-19(15)25-20)14-5-3-2-4-6-14/h2-12H,13H2,1H3. The molecule has 0 aliphatic carbocycles. The number of aliphatic imine (C=N–C) groups is 1.